The van der Waals surface area contributed by atoms with Crippen LogP contribution in [-0.4, -0.2) is 23.9 Å². The minimum atomic E-state index is -0.849. The van der Waals surface area contributed by atoms with Crippen LogP contribution in [0.4, 0.5) is 14.5 Å². The Labute approximate surface area is 138 Å². The molecular weight excluding hydrogens is 316 g/mol. The van der Waals surface area contributed by atoms with Crippen LogP contribution in [0.5, 0.6) is 0 Å². The number of hydrogen-bond donors (Lipinski definition) is 1. The molecule has 2 aliphatic rings. The van der Waals surface area contributed by atoms with Crippen molar-refractivity contribution in [2.45, 2.75) is 37.6 Å². The van der Waals surface area contributed by atoms with E-state index in [-0.39, 0.29) is 30.5 Å². The Morgan fingerprint density at radius 3 is 2.46 bits per heavy atom. The molecule has 126 valence electrons. The minimum Gasteiger partial charge on any atom is -0.338 e. The molecule has 1 saturated heterocycles. The van der Waals surface area contributed by atoms with Crippen molar-refractivity contribution in [2.75, 3.05) is 11.4 Å². The molecule has 1 aromatic rings. The van der Waals surface area contributed by atoms with Crippen LogP contribution in [0, 0.1) is 28.9 Å². The lowest BCUT2D eigenvalue weighted by Gasteiger charge is -2.24. The van der Waals surface area contributed by atoms with Crippen molar-refractivity contribution >= 4 is 17.5 Å². The average molecular weight is 333 g/mol. The zero-order chi connectivity index (χ0) is 17.3. The van der Waals surface area contributed by atoms with Gasteiger partial charge in [-0.1, -0.05) is 0 Å². The first kappa shape index (κ1) is 16.4. The molecule has 5 nitrogen and oxygen atoms in total. The van der Waals surface area contributed by atoms with Crippen molar-refractivity contribution in [1.82, 2.24) is 5.32 Å². The van der Waals surface area contributed by atoms with E-state index in [1.54, 1.807) is 0 Å². The highest BCUT2D eigenvalue weighted by Gasteiger charge is 2.41. The summed E-state index contributed by atoms with van der Waals surface area (Å²) in [7, 11) is 0. The van der Waals surface area contributed by atoms with E-state index in [0.29, 0.717) is 12.8 Å². The second-order valence-electron chi connectivity index (χ2n) is 6.42. The molecule has 1 saturated carbocycles. The Bertz CT molecular complexity index is 703. The van der Waals surface area contributed by atoms with Gasteiger partial charge in [-0.15, -0.1) is 0 Å². The van der Waals surface area contributed by atoms with Gasteiger partial charge in [-0.2, -0.15) is 5.26 Å². The van der Waals surface area contributed by atoms with E-state index in [1.807, 2.05) is 0 Å². The lowest BCUT2D eigenvalue weighted by molar-refractivity contribution is -0.127. The summed E-state index contributed by atoms with van der Waals surface area (Å²) in [6.45, 7) is 0.0507. The van der Waals surface area contributed by atoms with Crippen molar-refractivity contribution < 1.29 is 18.4 Å². The maximum atomic E-state index is 13.3. The van der Waals surface area contributed by atoms with E-state index < -0.39 is 23.1 Å². The number of benzene rings is 1. The van der Waals surface area contributed by atoms with Crippen molar-refractivity contribution in [3.63, 3.8) is 0 Å². The average Bonchev–Trinajstić information content (AvgIpc) is 3.13. The summed E-state index contributed by atoms with van der Waals surface area (Å²) in [4.78, 5) is 25.8. The Kier molecular flexibility index (Phi) is 4.22. The van der Waals surface area contributed by atoms with Gasteiger partial charge < -0.3 is 10.2 Å². The number of carbonyl (C=O) groups excluding carboxylic acids is 2. The Balaban J connectivity index is 1.72. The topological polar surface area (TPSA) is 73.2 Å². The predicted octanol–water partition coefficient (Wildman–Crippen LogP) is 2.27. The summed E-state index contributed by atoms with van der Waals surface area (Å²) in [5.41, 5.74) is -0.748. The summed E-state index contributed by atoms with van der Waals surface area (Å²) in [6, 6.07) is 5.03. The van der Waals surface area contributed by atoms with Crippen LogP contribution in [0.1, 0.15) is 32.1 Å². The normalized spacial score (nSPS) is 22.5. The van der Waals surface area contributed by atoms with E-state index in [2.05, 4.69) is 11.4 Å². The van der Waals surface area contributed by atoms with Gasteiger partial charge in [-0.3, -0.25) is 9.59 Å². The standard InChI is InChI=1S/C17H17F2N3O2/c18-12-6-13(19)8-14(7-12)22-9-11(5-15(22)23)16(24)21-17(10-20)3-1-2-4-17/h6-8,11H,1-5,9H2,(H,21,24). The fourth-order valence-electron chi connectivity index (χ4n) is 3.41. The van der Waals surface area contributed by atoms with E-state index in [1.165, 1.54) is 4.90 Å². The van der Waals surface area contributed by atoms with Gasteiger partial charge in [0.05, 0.1) is 12.0 Å². The molecule has 1 N–H and O–H groups in total. The molecule has 0 aromatic heterocycles. The number of carbonyl (C=O) groups is 2. The molecule has 0 radical (unpaired) electrons. The third-order valence-electron chi connectivity index (χ3n) is 4.69. The molecule has 24 heavy (non-hydrogen) atoms. The second-order valence-corrected chi connectivity index (χ2v) is 6.42. The maximum absolute atomic E-state index is 13.3. The SMILES string of the molecule is N#CC1(NC(=O)C2CC(=O)N(c3cc(F)cc(F)c3)C2)CCCC1. The molecule has 2 amide bonds. The van der Waals surface area contributed by atoms with E-state index in [0.717, 1.165) is 31.0 Å². The predicted molar refractivity (Wildman–Crippen MR) is 81.8 cm³/mol. The summed E-state index contributed by atoms with van der Waals surface area (Å²) < 4.78 is 26.7. The van der Waals surface area contributed by atoms with Crippen molar-refractivity contribution in [1.29, 1.82) is 5.26 Å². The van der Waals surface area contributed by atoms with Crippen LogP contribution in [0.3, 0.4) is 0 Å². The number of nitrogens with one attached hydrogen (secondary N) is 1. The lowest BCUT2D eigenvalue weighted by atomic mass is 9.97. The number of nitrogens with zero attached hydrogens (tertiary/aromatic N) is 2. The van der Waals surface area contributed by atoms with Crippen LogP contribution in [-0.2, 0) is 9.59 Å². The number of hydrogen-bond acceptors (Lipinski definition) is 3. The highest BCUT2D eigenvalue weighted by Crippen LogP contribution is 2.31. The molecule has 7 heteroatoms. The second kappa shape index (κ2) is 6.19. The number of rotatable bonds is 3. The molecule has 1 aromatic carbocycles. The number of anilines is 1. The summed E-state index contributed by atoms with van der Waals surface area (Å²) in [5, 5.41) is 12.1. The molecule has 0 spiro atoms. The molecule has 3 rings (SSSR count). The van der Waals surface area contributed by atoms with Gasteiger partial charge in [0.2, 0.25) is 11.8 Å². The van der Waals surface area contributed by atoms with Crippen LogP contribution >= 0.6 is 0 Å². The summed E-state index contributed by atoms with van der Waals surface area (Å²) in [5.74, 6) is -2.90. The highest BCUT2D eigenvalue weighted by atomic mass is 19.1. The third-order valence-corrected chi connectivity index (χ3v) is 4.69. The Hall–Kier alpha value is -2.49. The molecule has 0 bridgehead atoms. The number of halogens is 2. The number of amides is 2. The molecule has 1 aliphatic carbocycles. The Morgan fingerprint density at radius 2 is 1.88 bits per heavy atom. The summed E-state index contributed by atoms with van der Waals surface area (Å²) >= 11 is 0. The van der Waals surface area contributed by atoms with Crippen molar-refractivity contribution in [3.8, 4) is 6.07 Å². The van der Waals surface area contributed by atoms with Crippen molar-refractivity contribution in [3.05, 3.63) is 29.8 Å². The van der Waals surface area contributed by atoms with Gasteiger partial charge >= 0.3 is 0 Å². The third kappa shape index (κ3) is 3.09. The highest BCUT2D eigenvalue weighted by molar-refractivity contribution is 6.00. The molecule has 1 unspecified atom stereocenters. The van der Waals surface area contributed by atoms with Crippen LogP contribution in [0.25, 0.3) is 0 Å². The zero-order valence-corrected chi connectivity index (χ0v) is 13.0. The Morgan fingerprint density at radius 1 is 1.25 bits per heavy atom. The smallest absolute Gasteiger partial charge is 0.227 e. The number of nitriles is 1. The molecule has 1 atom stereocenters. The van der Waals surface area contributed by atoms with Gasteiger partial charge in [-0.05, 0) is 37.8 Å². The molecular formula is C17H17F2N3O2. The van der Waals surface area contributed by atoms with Gasteiger partial charge in [0.15, 0.2) is 0 Å². The molecule has 2 fully saturated rings. The quantitative estimate of drug-likeness (QED) is 0.922. The lowest BCUT2D eigenvalue weighted by Crippen LogP contribution is -2.48. The fourth-order valence-corrected chi connectivity index (χ4v) is 3.41. The van der Waals surface area contributed by atoms with Gasteiger partial charge in [0.1, 0.15) is 17.2 Å². The van der Waals surface area contributed by atoms with Gasteiger partial charge in [0.25, 0.3) is 0 Å². The van der Waals surface area contributed by atoms with Crippen molar-refractivity contribution in [2.24, 2.45) is 5.92 Å². The van der Waals surface area contributed by atoms with Crippen LogP contribution < -0.4 is 10.2 Å². The van der Waals surface area contributed by atoms with Crippen LogP contribution in [0.2, 0.25) is 0 Å². The van der Waals surface area contributed by atoms with Crippen LogP contribution in [0.15, 0.2) is 18.2 Å². The first-order valence-corrected chi connectivity index (χ1v) is 7.92. The van der Waals surface area contributed by atoms with E-state index in [9.17, 15) is 23.6 Å². The van der Waals surface area contributed by atoms with Gasteiger partial charge in [-0.25, -0.2) is 8.78 Å². The van der Waals surface area contributed by atoms with E-state index in [4.69, 9.17) is 0 Å². The fraction of sp³-hybridized carbons (Fsp3) is 0.471. The zero-order valence-electron chi connectivity index (χ0n) is 13.0. The molecule has 1 aliphatic heterocycles. The minimum absolute atomic E-state index is 0.0362. The monoisotopic (exact) mass is 333 g/mol. The first-order valence-electron chi connectivity index (χ1n) is 7.92. The first-order chi connectivity index (χ1) is 11.4. The maximum Gasteiger partial charge on any atom is 0.227 e. The summed E-state index contributed by atoms with van der Waals surface area (Å²) in [6.07, 6.45) is 2.94. The van der Waals surface area contributed by atoms with Gasteiger partial charge in [0, 0.05) is 24.7 Å². The van der Waals surface area contributed by atoms with E-state index >= 15 is 0 Å². The molecule has 1 heterocycles. The largest absolute Gasteiger partial charge is 0.338 e.